The van der Waals surface area contributed by atoms with Gasteiger partial charge >= 0.3 is 17.9 Å². The number of nitrogens with two attached hydrogens (primary N) is 1. The van der Waals surface area contributed by atoms with Crippen molar-refractivity contribution in [1.82, 2.24) is 84.7 Å². The molecule has 0 bridgehead atoms. The summed E-state index contributed by atoms with van der Waals surface area (Å²) >= 11 is 0.751. The van der Waals surface area contributed by atoms with E-state index < -0.39 is 279 Å². The maximum absolute atomic E-state index is 14.7. The number of amides is 17. The quantitative estimate of drug-likeness (QED) is 0.0234. The topological polar surface area (TPSA) is 733 Å². The van der Waals surface area contributed by atoms with Crippen LogP contribution in [0.2, 0.25) is 0 Å². The van der Waals surface area contributed by atoms with E-state index in [4.69, 9.17) is 5.73 Å². The predicted octanol–water partition coefficient (Wildman–Crippen LogP) is -5.67. The summed E-state index contributed by atoms with van der Waals surface area (Å²) in [6.07, 6.45) is -6.25. The number of aliphatic hydroxyl groups excluding tert-OH is 4. The molecule has 16 atom stereocenters. The van der Waals surface area contributed by atoms with Gasteiger partial charge < -0.3 is 131 Å². The fourth-order valence-electron chi connectivity index (χ4n) is 12.9. The molecule has 131 heavy (non-hydrogen) atoms. The Morgan fingerprint density at radius 1 is 0.412 bits per heavy atom. The molecule has 17 amide bonds. The Hall–Kier alpha value is -13.0. The van der Waals surface area contributed by atoms with E-state index in [0.717, 1.165) is 30.5 Å². The zero-order chi connectivity index (χ0) is 97.9. The number of benzene rings is 3. The van der Waals surface area contributed by atoms with Gasteiger partial charge in [-0.25, -0.2) is 0 Å². The van der Waals surface area contributed by atoms with Crippen LogP contribution in [0.25, 0.3) is 0 Å². The number of carboxylic acids is 3. The first-order chi connectivity index (χ1) is 61.9. The summed E-state index contributed by atoms with van der Waals surface area (Å²) in [5.41, 5.74) is 6.48. The van der Waals surface area contributed by atoms with Crippen molar-refractivity contribution in [2.75, 3.05) is 45.1 Å². The van der Waals surface area contributed by atoms with Crippen molar-refractivity contribution in [2.24, 2.45) is 17.6 Å². The molecule has 46 nitrogen and oxygen atoms in total. The van der Waals surface area contributed by atoms with Crippen LogP contribution in [-0.2, 0) is 110 Å². The first-order valence-corrected chi connectivity index (χ1v) is 43.3. The molecule has 0 aromatic heterocycles. The normalized spacial score (nSPS) is 15.4. The van der Waals surface area contributed by atoms with Crippen molar-refractivity contribution >= 4 is 129 Å². The lowest BCUT2D eigenvalue weighted by Crippen LogP contribution is -2.63. The number of nitrogens with zero attached hydrogens (tertiary/aromatic N) is 1. The van der Waals surface area contributed by atoms with Crippen molar-refractivity contribution in [3.8, 4) is 11.5 Å². The Labute approximate surface area is 757 Å². The van der Waals surface area contributed by atoms with Gasteiger partial charge in [0, 0.05) is 44.7 Å². The third kappa shape index (κ3) is 39.9. The molecule has 0 spiro atoms. The van der Waals surface area contributed by atoms with Crippen LogP contribution in [0, 0.1) is 11.8 Å². The highest BCUT2D eigenvalue weighted by atomic mass is 32.2. The lowest BCUT2D eigenvalue weighted by Gasteiger charge is -2.30. The highest BCUT2D eigenvalue weighted by Gasteiger charge is 2.41. The van der Waals surface area contributed by atoms with E-state index in [1.165, 1.54) is 67.6 Å². The molecular weight excluding hydrogens is 1740 g/mol. The molecule has 1 heterocycles. The fourth-order valence-corrected chi connectivity index (χ4v) is 13.7. The largest absolute Gasteiger partial charge is 0.508 e. The summed E-state index contributed by atoms with van der Waals surface area (Å²) in [5.74, 6) is -23.6. The molecule has 47 heteroatoms. The zero-order valence-electron chi connectivity index (χ0n) is 73.5. The number of unbranched alkanes of at least 4 members (excludes halogenated alkanes) is 2. The molecule has 26 N–H and O–H groups in total. The summed E-state index contributed by atoms with van der Waals surface area (Å²) in [6, 6.07) is -4.31. The number of rotatable bonds is 59. The number of imide groups is 1. The van der Waals surface area contributed by atoms with E-state index in [1.54, 1.807) is 45.9 Å². The van der Waals surface area contributed by atoms with E-state index in [2.05, 4.69) is 79.8 Å². The molecule has 1 aliphatic rings. The third-order valence-electron chi connectivity index (χ3n) is 20.4. The second kappa shape index (κ2) is 56.5. The highest BCUT2D eigenvalue weighted by molar-refractivity contribution is 8.14. The van der Waals surface area contributed by atoms with Crippen LogP contribution < -0.4 is 85.5 Å². The summed E-state index contributed by atoms with van der Waals surface area (Å²) in [6.45, 7) is 6.71. The van der Waals surface area contributed by atoms with Crippen LogP contribution in [-0.4, -0.2) is 304 Å². The van der Waals surface area contributed by atoms with Crippen LogP contribution in [0.1, 0.15) is 142 Å². The Balaban J connectivity index is 1.52. The molecule has 0 radical (unpaired) electrons. The van der Waals surface area contributed by atoms with Crippen LogP contribution in [0.5, 0.6) is 11.5 Å². The minimum Gasteiger partial charge on any atom is -0.508 e. The summed E-state index contributed by atoms with van der Waals surface area (Å²) in [7, 11) is 0. The standard InChI is InChI=1S/C84H121N17O29S/c1-8-44(4)69(81(127)94-56(35-50-22-26-52(107)27-23-50)75(121)90-54(32-43(2)3)74(120)92-58(36-67(114)115)73(119)88-45(5)16-12-14-30-85)99-80(126)61(41-103)96-76(122)55(34-49-20-24-51(106)25-21-49)91-77(123)59(37-68(116)117)93-79(125)60(40-102)97-83(129)71(47(7)105)100-78(124)57(33-48-17-10-9-11-18-48)95-82(128)70(46(6)104)98-63(109)38-87-72(118)53(28-29-66(112)113)89-62(108)19-13-15-31-86-64(110)39-101-65(111)42-131-84(101)130/h9-11,17-18,20-27,43-47,53-61,69-71,102-107H,8,12-16,19,28-42,85H2,1-7H3,(H,86,110)(H,87,118)(H,88,119)(H,89,108)(H,90,121)(H,91,123)(H,92,120)(H,93,125)(H,94,127)(H,95,128)(H,96,122)(H,97,129)(H,98,109)(H,99,126)(H,100,124)(H,112,113)(H,114,115)(H,116,117)/t44-,45+,46+,47+,53-,54-,55-,56-,57-,58-,59-,60-,61-,69-,70-,71-/m0/s1. The van der Waals surface area contributed by atoms with E-state index in [0.29, 0.717) is 36.9 Å². The van der Waals surface area contributed by atoms with Crippen molar-refractivity contribution in [1.29, 1.82) is 0 Å². The highest BCUT2D eigenvalue weighted by Crippen LogP contribution is 2.20. The number of hydrogen-bond acceptors (Lipinski definition) is 28. The third-order valence-corrected chi connectivity index (χ3v) is 21.2. The SMILES string of the molecule is CC[C@H](C)[C@H](NC(=O)[C@H](CO)NC(=O)[C@H](Cc1ccc(O)cc1)NC(=O)[C@H](CC(=O)O)NC(=O)[C@H](CO)NC(=O)[C@@H](NC(=O)[C@H](Cc1ccccc1)NC(=O)[C@@H](NC(=O)CNC(=O)[C@H](CCC(=O)O)NC(=O)CCCCNC(=O)CN1C(=O)CSC1=O)[C@@H](C)O)[C@@H](C)O)C(=O)N[C@@H](Cc1ccc(O)cc1)C(=O)N[C@@H](CC(C)C)C(=O)N[C@@H](CC(=O)O)C(=O)N[C@H](C)CCCCN. The first-order valence-electron chi connectivity index (χ1n) is 42.3. The van der Waals surface area contributed by atoms with Gasteiger partial charge in [0.15, 0.2) is 0 Å². The van der Waals surface area contributed by atoms with Gasteiger partial charge in [0.2, 0.25) is 94.5 Å². The molecule has 1 aliphatic heterocycles. The molecule has 4 rings (SSSR count). The number of carbonyl (C=O) groups is 20. The number of phenols is 2. The maximum Gasteiger partial charge on any atom is 0.305 e. The lowest BCUT2D eigenvalue weighted by atomic mass is 9.96. The van der Waals surface area contributed by atoms with Crippen molar-refractivity contribution in [3.05, 3.63) is 95.6 Å². The smallest absolute Gasteiger partial charge is 0.305 e. The number of phenolic OH excluding ortho intramolecular Hbond substituents is 2. The number of thioether (sulfide) groups is 1. The van der Waals surface area contributed by atoms with E-state index in [9.17, 15) is 142 Å². The minimum atomic E-state index is -2.23. The molecule has 3 aromatic carbocycles. The Morgan fingerprint density at radius 3 is 1.30 bits per heavy atom. The first kappa shape index (κ1) is 110. The number of hydrogen-bond donors (Lipinski definition) is 25. The van der Waals surface area contributed by atoms with Gasteiger partial charge in [-0.3, -0.25) is 101 Å². The predicted molar refractivity (Wildman–Crippen MR) is 465 cm³/mol. The van der Waals surface area contributed by atoms with E-state index in [-0.39, 0.29) is 73.8 Å². The number of aromatic hydroxyl groups is 2. The Bertz CT molecular complexity index is 4420. The number of aliphatic hydroxyl groups is 4. The number of carboxylic acid groups (broad SMARTS) is 3. The van der Waals surface area contributed by atoms with Gasteiger partial charge in [-0.2, -0.15) is 0 Å². The monoisotopic (exact) mass is 1860 g/mol. The average molecular weight is 1870 g/mol. The average Bonchev–Trinajstić information content (AvgIpc) is 1.70. The second-order valence-corrected chi connectivity index (χ2v) is 32.7. The fraction of sp³-hybridized carbons (Fsp3) is 0.548. The molecule has 1 fully saturated rings. The molecule has 1 saturated heterocycles. The second-order valence-electron chi connectivity index (χ2n) is 31.8. The zero-order valence-corrected chi connectivity index (χ0v) is 74.3. The van der Waals surface area contributed by atoms with Crippen LogP contribution >= 0.6 is 11.8 Å². The van der Waals surface area contributed by atoms with Gasteiger partial charge in [0.05, 0.1) is 50.6 Å². The molecule has 0 unspecified atom stereocenters. The summed E-state index contributed by atoms with van der Waals surface area (Å²) in [4.78, 5) is 269. The molecule has 0 aliphatic carbocycles. The maximum atomic E-state index is 14.7. The molecule has 722 valence electrons. The Morgan fingerprint density at radius 2 is 0.832 bits per heavy atom. The number of carbonyl (C=O) groups excluding carboxylic acids is 17. The lowest BCUT2D eigenvalue weighted by molar-refractivity contribution is -0.142. The molecule has 3 aromatic rings. The number of aliphatic carboxylic acids is 3. The Kier molecular flexibility index (Phi) is 47.6. The van der Waals surface area contributed by atoms with Gasteiger partial charge in [0.1, 0.15) is 90.5 Å². The van der Waals surface area contributed by atoms with Crippen LogP contribution in [0.3, 0.4) is 0 Å². The van der Waals surface area contributed by atoms with Gasteiger partial charge in [-0.05, 0) is 119 Å². The van der Waals surface area contributed by atoms with Crippen molar-refractivity contribution < 1.29 is 142 Å². The van der Waals surface area contributed by atoms with Crippen LogP contribution in [0.4, 0.5) is 4.79 Å². The van der Waals surface area contributed by atoms with Crippen LogP contribution in [0.15, 0.2) is 78.9 Å². The van der Waals surface area contributed by atoms with Gasteiger partial charge in [-0.15, -0.1) is 0 Å². The molecular formula is C84H121N17O29S. The van der Waals surface area contributed by atoms with Gasteiger partial charge in [-0.1, -0.05) is 107 Å². The van der Waals surface area contributed by atoms with Gasteiger partial charge in [0.25, 0.3) is 5.24 Å². The number of nitrogens with one attached hydrogen (secondary N) is 15. The van der Waals surface area contributed by atoms with E-state index in [1.807, 2.05) is 0 Å². The summed E-state index contributed by atoms with van der Waals surface area (Å²) in [5, 5.41) is 127. The molecule has 0 saturated carbocycles. The summed E-state index contributed by atoms with van der Waals surface area (Å²) < 4.78 is 0. The minimum absolute atomic E-state index is 0.0355. The van der Waals surface area contributed by atoms with E-state index >= 15 is 0 Å². The van der Waals surface area contributed by atoms with Crippen molar-refractivity contribution in [2.45, 2.75) is 236 Å². The van der Waals surface area contributed by atoms with Crippen molar-refractivity contribution in [3.63, 3.8) is 0 Å².